The molecule has 3 aromatic rings. The maximum absolute atomic E-state index is 11.2. The smallest absolute Gasteiger partial charge is 0.157 e. The van der Waals surface area contributed by atoms with Gasteiger partial charge >= 0.3 is 0 Å². The predicted molar refractivity (Wildman–Crippen MR) is 135 cm³/mol. The van der Waals surface area contributed by atoms with Crippen molar-refractivity contribution in [3.05, 3.63) is 75.3 Å². The highest BCUT2D eigenvalue weighted by atomic mass is 16.3. The summed E-state index contributed by atoms with van der Waals surface area (Å²) in [5.74, 6) is -1.07. The summed E-state index contributed by atoms with van der Waals surface area (Å²) in [5, 5.41) is 52.1. The highest BCUT2D eigenvalue weighted by molar-refractivity contribution is 5.60. The molecule has 5 nitrogen and oxygen atoms in total. The summed E-state index contributed by atoms with van der Waals surface area (Å²) in [5.41, 5.74) is 4.77. The Labute approximate surface area is 202 Å². The predicted octanol–water partition coefficient (Wildman–Crippen LogP) is 6.61. The van der Waals surface area contributed by atoms with E-state index in [1.807, 2.05) is 67.5 Å². The molecule has 34 heavy (non-hydrogen) atoms. The summed E-state index contributed by atoms with van der Waals surface area (Å²) in [6, 6.07) is 10.1. The van der Waals surface area contributed by atoms with Crippen LogP contribution in [-0.2, 0) is 10.8 Å². The molecule has 0 amide bonds. The second-order valence-electron chi connectivity index (χ2n) is 11.3. The van der Waals surface area contributed by atoms with E-state index in [1.165, 1.54) is 12.1 Å². The number of hydrogen-bond donors (Lipinski definition) is 5. The van der Waals surface area contributed by atoms with Gasteiger partial charge in [0.15, 0.2) is 23.0 Å². The van der Waals surface area contributed by atoms with Crippen molar-refractivity contribution < 1.29 is 25.5 Å². The van der Waals surface area contributed by atoms with Crippen molar-refractivity contribution in [2.24, 2.45) is 0 Å². The number of rotatable bonds is 3. The minimum absolute atomic E-state index is 0.207. The summed E-state index contributed by atoms with van der Waals surface area (Å²) in [4.78, 5) is 0. The number of aryl methyl sites for hydroxylation is 2. The van der Waals surface area contributed by atoms with Crippen LogP contribution in [0.15, 0.2) is 36.4 Å². The van der Waals surface area contributed by atoms with Crippen molar-refractivity contribution in [1.29, 1.82) is 0 Å². The van der Waals surface area contributed by atoms with E-state index < -0.39 is 5.92 Å². The van der Waals surface area contributed by atoms with Crippen LogP contribution >= 0.6 is 0 Å². The van der Waals surface area contributed by atoms with E-state index in [0.717, 1.165) is 38.9 Å². The van der Waals surface area contributed by atoms with Gasteiger partial charge in [-0.15, -0.1) is 0 Å². The fraction of sp³-hybridized carbons (Fsp3) is 0.379. The summed E-state index contributed by atoms with van der Waals surface area (Å²) < 4.78 is 0. The van der Waals surface area contributed by atoms with Crippen LogP contribution in [0.4, 0.5) is 0 Å². The first kappa shape index (κ1) is 25.3. The van der Waals surface area contributed by atoms with Crippen LogP contribution in [0.3, 0.4) is 0 Å². The molecule has 0 aromatic heterocycles. The first-order valence-electron chi connectivity index (χ1n) is 11.4. The monoisotopic (exact) mass is 464 g/mol. The highest BCUT2D eigenvalue weighted by Gasteiger charge is 2.31. The Balaban J connectivity index is 2.48. The Morgan fingerprint density at radius 2 is 0.853 bits per heavy atom. The molecule has 3 aromatic carbocycles. The minimum Gasteiger partial charge on any atom is -0.507 e. The van der Waals surface area contributed by atoms with Crippen molar-refractivity contribution in [3.63, 3.8) is 0 Å². The van der Waals surface area contributed by atoms with E-state index in [0.29, 0.717) is 0 Å². The van der Waals surface area contributed by atoms with Gasteiger partial charge in [-0.1, -0.05) is 53.7 Å². The molecule has 0 bridgehead atoms. The molecule has 0 saturated heterocycles. The molecule has 0 spiro atoms. The zero-order valence-corrected chi connectivity index (χ0v) is 21.3. The molecule has 5 N–H and O–H groups in total. The molecule has 0 heterocycles. The van der Waals surface area contributed by atoms with Crippen LogP contribution in [0, 0.1) is 13.8 Å². The molecule has 0 fully saturated rings. The van der Waals surface area contributed by atoms with E-state index in [2.05, 4.69) is 0 Å². The van der Waals surface area contributed by atoms with Gasteiger partial charge in [0.25, 0.3) is 0 Å². The fourth-order valence-electron chi connectivity index (χ4n) is 4.51. The van der Waals surface area contributed by atoms with Gasteiger partial charge in [-0.3, -0.25) is 0 Å². The van der Waals surface area contributed by atoms with Gasteiger partial charge in [-0.25, -0.2) is 0 Å². The lowest BCUT2D eigenvalue weighted by Crippen LogP contribution is -2.19. The molecular weight excluding hydrogens is 428 g/mol. The Hall–Kier alpha value is -3.34. The molecule has 0 radical (unpaired) electrons. The first-order chi connectivity index (χ1) is 15.5. The third-order valence-corrected chi connectivity index (χ3v) is 6.43. The molecule has 182 valence electrons. The third kappa shape index (κ3) is 4.65. The third-order valence-electron chi connectivity index (χ3n) is 6.43. The summed E-state index contributed by atoms with van der Waals surface area (Å²) in [7, 11) is 0. The SMILES string of the molecule is Cc1cc(O)c(O)cc1C(c1cc(C(C)(C)C)c(O)c(C(C)(C)C)c1)c1cc(O)c(O)cc1C. The largest absolute Gasteiger partial charge is 0.507 e. The fourth-order valence-corrected chi connectivity index (χ4v) is 4.51. The molecule has 0 aliphatic heterocycles. The first-order valence-corrected chi connectivity index (χ1v) is 11.4. The molecular formula is C29H36O5. The minimum atomic E-state index is -0.444. The molecule has 5 heteroatoms. The Kier molecular flexibility index (Phi) is 6.29. The number of phenols is 5. The Morgan fingerprint density at radius 3 is 1.18 bits per heavy atom. The van der Waals surface area contributed by atoms with E-state index in [4.69, 9.17) is 0 Å². The number of hydrogen-bond acceptors (Lipinski definition) is 5. The topological polar surface area (TPSA) is 101 Å². The van der Waals surface area contributed by atoms with Gasteiger partial charge in [-0.2, -0.15) is 0 Å². The van der Waals surface area contributed by atoms with Gasteiger partial charge < -0.3 is 25.5 Å². The lowest BCUT2D eigenvalue weighted by Gasteiger charge is -2.31. The number of aromatic hydroxyl groups is 5. The molecule has 0 aliphatic rings. The average Bonchev–Trinajstić information content (AvgIpc) is 2.68. The van der Waals surface area contributed by atoms with E-state index >= 15 is 0 Å². The van der Waals surface area contributed by atoms with Crippen molar-refractivity contribution in [1.82, 2.24) is 0 Å². The summed E-state index contributed by atoms with van der Waals surface area (Å²) in [6.07, 6.45) is 0. The lowest BCUT2D eigenvalue weighted by atomic mass is 9.74. The second-order valence-corrected chi connectivity index (χ2v) is 11.3. The van der Waals surface area contributed by atoms with Crippen LogP contribution in [0.5, 0.6) is 28.7 Å². The maximum Gasteiger partial charge on any atom is 0.157 e. The molecule has 3 rings (SSSR count). The second kappa shape index (κ2) is 8.46. The van der Waals surface area contributed by atoms with E-state index in [1.54, 1.807) is 12.1 Å². The molecule has 0 atom stereocenters. The van der Waals surface area contributed by atoms with Gasteiger partial charge in [0.05, 0.1) is 0 Å². The van der Waals surface area contributed by atoms with Crippen LogP contribution in [-0.4, -0.2) is 25.5 Å². The van der Waals surface area contributed by atoms with Crippen LogP contribution in [0.1, 0.15) is 86.4 Å². The van der Waals surface area contributed by atoms with Crippen molar-refractivity contribution in [2.45, 2.75) is 72.1 Å². The van der Waals surface area contributed by atoms with Gasteiger partial charge in [0.1, 0.15) is 5.75 Å². The molecule has 0 saturated carbocycles. The maximum atomic E-state index is 11.2. The van der Waals surface area contributed by atoms with Crippen molar-refractivity contribution in [3.8, 4) is 28.7 Å². The quantitative estimate of drug-likeness (QED) is 0.222. The zero-order valence-electron chi connectivity index (χ0n) is 21.3. The molecule has 0 aliphatic carbocycles. The van der Waals surface area contributed by atoms with Crippen LogP contribution in [0.2, 0.25) is 0 Å². The van der Waals surface area contributed by atoms with Crippen molar-refractivity contribution in [2.75, 3.05) is 0 Å². The van der Waals surface area contributed by atoms with Crippen molar-refractivity contribution >= 4 is 0 Å². The number of phenolic OH excluding ortho intramolecular Hbond substituents is 5. The van der Waals surface area contributed by atoms with Gasteiger partial charge in [0.2, 0.25) is 0 Å². The highest BCUT2D eigenvalue weighted by Crippen LogP contribution is 2.46. The number of benzene rings is 3. The van der Waals surface area contributed by atoms with Crippen LogP contribution in [0.25, 0.3) is 0 Å². The summed E-state index contributed by atoms with van der Waals surface area (Å²) >= 11 is 0. The standard InChI is InChI=1S/C29H36O5/c1-15-9-22(30)24(32)13-18(15)26(19-14-25(33)23(31)10-16(19)2)17-11-20(28(3,4)5)27(34)21(12-17)29(6,7)8/h9-14,26,30-34H,1-8H3. The lowest BCUT2D eigenvalue weighted by molar-refractivity contribution is 0.401. The average molecular weight is 465 g/mol. The van der Waals surface area contributed by atoms with Crippen LogP contribution < -0.4 is 0 Å². The van der Waals surface area contributed by atoms with E-state index in [-0.39, 0.29) is 39.6 Å². The normalized spacial score (nSPS) is 12.4. The Bertz CT molecular complexity index is 1150. The molecule has 0 unspecified atom stereocenters. The Morgan fingerprint density at radius 1 is 0.529 bits per heavy atom. The zero-order chi connectivity index (χ0) is 25.7. The van der Waals surface area contributed by atoms with Gasteiger partial charge in [0, 0.05) is 5.92 Å². The van der Waals surface area contributed by atoms with Gasteiger partial charge in [-0.05, 0) is 87.9 Å². The van der Waals surface area contributed by atoms with E-state index in [9.17, 15) is 25.5 Å². The summed E-state index contributed by atoms with van der Waals surface area (Å²) in [6.45, 7) is 16.0.